The largest absolute Gasteiger partial charge is 0.435 e. The van der Waals surface area contributed by atoms with Crippen LogP contribution in [0.15, 0.2) is 60.7 Å². The summed E-state index contributed by atoms with van der Waals surface area (Å²) in [6.07, 6.45) is 0.446. The predicted molar refractivity (Wildman–Crippen MR) is 231 cm³/mol. The van der Waals surface area contributed by atoms with Gasteiger partial charge < -0.3 is 23.3 Å². The molecule has 0 radical (unpaired) electrons. The summed E-state index contributed by atoms with van der Waals surface area (Å²) < 4.78 is 114. The third kappa shape index (κ3) is 10.7. The third-order valence-electron chi connectivity index (χ3n) is 13.1. The zero-order chi connectivity index (χ0) is 47.6. The Morgan fingerprint density at radius 3 is 2.14 bits per heavy atom. The van der Waals surface area contributed by atoms with Gasteiger partial charge in [-0.2, -0.15) is 36.0 Å². The van der Waals surface area contributed by atoms with Gasteiger partial charge in [0, 0.05) is 62.2 Å². The fourth-order valence-electron chi connectivity index (χ4n) is 9.49. The van der Waals surface area contributed by atoms with Crippen LogP contribution in [0.25, 0.3) is 22.1 Å². The zero-order valence-electron chi connectivity index (χ0n) is 37.4. The summed E-state index contributed by atoms with van der Waals surface area (Å²) >= 11 is 0. The lowest BCUT2D eigenvalue weighted by molar-refractivity contribution is -0.213. The van der Waals surface area contributed by atoms with E-state index in [1.165, 1.54) is 18.2 Å². The minimum absolute atomic E-state index is 0.00336. The van der Waals surface area contributed by atoms with Gasteiger partial charge in [0.05, 0.1) is 45.3 Å². The van der Waals surface area contributed by atoms with Crippen molar-refractivity contribution in [1.29, 1.82) is 5.26 Å². The number of ether oxygens (including phenoxy) is 3. The molecule has 2 heterocycles. The summed E-state index contributed by atoms with van der Waals surface area (Å²) in [5.74, 6) is 0.427. The molecule has 0 spiro atoms. The number of nitrogens with zero attached hydrogens (tertiary/aromatic N) is 5. The molecule has 5 aromatic rings. The van der Waals surface area contributed by atoms with Crippen molar-refractivity contribution < 1.29 is 54.5 Å². The molecule has 66 heavy (non-hydrogen) atoms. The number of halogens is 7. The second kappa shape index (κ2) is 19.4. The first kappa shape index (κ1) is 48.4. The maximum atomic E-state index is 13.8. The molecule has 10 nitrogen and oxygen atoms in total. The number of aryl methyl sites for hydroxylation is 2. The lowest BCUT2D eigenvalue weighted by Crippen LogP contribution is -2.51. The first-order valence-electron chi connectivity index (χ1n) is 22.4. The molecule has 2 aliphatic rings. The van der Waals surface area contributed by atoms with Crippen molar-refractivity contribution in [2.24, 2.45) is 5.41 Å². The maximum Gasteiger partial charge on any atom is 0.394 e. The Morgan fingerprint density at radius 2 is 1.50 bits per heavy atom. The summed E-state index contributed by atoms with van der Waals surface area (Å²) in [6, 6.07) is 19.1. The van der Waals surface area contributed by atoms with Crippen LogP contribution in [0.5, 0.6) is 11.5 Å². The van der Waals surface area contributed by atoms with Gasteiger partial charge in [-0.05, 0) is 89.0 Å². The van der Waals surface area contributed by atoms with Crippen molar-refractivity contribution in [3.63, 3.8) is 0 Å². The van der Waals surface area contributed by atoms with E-state index in [1.807, 2.05) is 54.8 Å². The molecule has 2 aromatic heterocycles. The average molecular weight is 926 g/mol. The normalized spacial score (nSPS) is 18.9. The minimum Gasteiger partial charge on any atom is -0.435 e. The van der Waals surface area contributed by atoms with Crippen LogP contribution in [0.1, 0.15) is 134 Å². The maximum absolute atomic E-state index is 13.8. The van der Waals surface area contributed by atoms with Crippen LogP contribution in [-0.2, 0) is 38.3 Å². The zero-order valence-corrected chi connectivity index (χ0v) is 37.4. The van der Waals surface area contributed by atoms with E-state index in [0.717, 1.165) is 50.0 Å². The highest BCUT2D eigenvalue weighted by Gasteiger charge is 2.49. The number of alkyl halides is 7. The number of Topliss-reactive ketones (excluding diaryl/α,β-unsaturated/α-hetero) is 2. The number of fused-ring (bicyclic) bond motifs is 2. The van der Waals surface area contributed by atoms with Gasteiger partial charge in [0.2, 0.25) is 0 Å². The second-order valence-electron chi connectivity index (χ2n) is 18.8. The summed E-state index contributed by atoms with van der Waals surface area (Å²) in [6.45, 7) is -0.384. The molecule has 7 rings (SSSR count). The smallest absolute Gasteiger partial charge is 0.394 e. The van der Waals surface area contributed by atoms with Gasteiger partial charge >= 0.3 is 19.4 Å². The van der Waals surface area contributed by atoms with E-state index < -0.39 is 48.2 Å². The Labute approximate surface area is 378 Å². The first-order chi connectivity index (χ1) is 31.2. The number of imidazole rings is 2. The minimum atomic E-state index is -4.57. The number of aromatic nitrogens is 4. The number of nitriles is 1. The molecular formula is C49H54F7N5O5. The summed E-state index contributed by atoms with van der Waals surface area (Å²) in [7, 11) is 0. The van der Waals surface area contributed by atoms with Gasteiger partial charge in [-0.15, -0.1) is 0 Å². The van der Waals surface area contributed by atoms with Gasteiger partial charge in [0.1, 0.15) is 34.5 Å². The fraction of sp³-hybridized carbons (Fsp3) is 0.531. The number of hydrogen-bond acceptors (Lipinski definition) is 8. The predicted octanol–water partition coefficient (Wildman–Crippen LogP) is 12.2. The Balaban J connectivity index is 1.05. The van der Waals surface area contributed by atoms with Gasteiger partial charge in [0.15, 0.2) is 5.75 Å². The number of carbonyl (C=O) groups is 2. The Hall–Kier alpha value is -5.50. The Kier molecular flexibility index (Phi) is 14.2. The van der Waals surface area contributed by atoms with Crippen LogP contribution in [0.3, 0.4) is 0 Å². The number of carbonyl (C=O) groups excluding carboxylic acids is 2. The first-order valence-corrected chi connectivity index (χ1v) is 22.4. The quantitative estimate of drug-likeness (QED) is 0.0497. The van der Waals surface area contributed by atoms with E-state index >= 15 is 0 Å². The number of hydrogen-bond donors (Lipinski definition) is 0. The highest BCUT2D eigenvalue weighted by molar-refractivity contribution is 5.85. The monoisotopic (exact) mass is 925 g/mol. The Morgan fingerprint density at radius 1 is 0.833 bits per heavy atom. The van der Waals surface area contributed by atoms with Crippen LogP contribution >= 0.6 is 0 Å². The topological polar surface area (TPSA) is 121 Å². The highest BCUT2D eigenvalue weighted by Crippen LogP contribution is 2.48. The van der Waals surface area contributed by atoms with Crippen molar-refractivity contribution in [3.8, 4) is 17.6 Å². The molecule has 2 aliphatic carbocycles. The molecule has 3 aromatic carbocycles. The van der Waals surface area contributed by atoms with E-state index in [-0.39, 0.29) is 72.6 Å². The van der Waals surface area contributed by atoms with Gasteiger partial charge in [-0.25, -0.2) is 9.97 Å². The number of unbranched alkanes of at least 4 members (excludes halogenated alkanes) is 1. The van der Waals surface area contributed by atoms with E-state index in [2.05, 4.69) is 14.3 Å². The molecular weight excluding hydrogens is 872 g/mol. The van der Waals surface area contributed by atoms with Crippen molar-refractivity contribution in [2.45, 2.75) is 160 Å². The highest BCUT2D eigenvalue weighted by atomic mass is 19.4. The lowest BCUT2D eigenvalue weighted by Gasteiger charge is -2.50. The van der Waals surface area contributed by atoms with Crippen LogP contribution in [-0.4, -0.2) is 56.2 Å². The van der Waals surface area contributed by atoms with E-state index in [9.17, 15) is 45.6 Å². The molecule has 2 saturated carbocycles. The number of ketones is 2. The van der Waals surface area contributed by atoms with Crippen LogP contribution < -0.4 is 9.47 Å². The summed E-state index contributed by atoms with van der Waals surface area (Å²) in [5, 5.41) is 9.84. The van der Waals surface area contributed by atoms with Crippen LogP contribution in [0, 0.1) is 16.7 Å². The van der Waals surface area contributed by atoms with Crippen molar-refractivity contribution in [2.75, 3.05) is 0 Å². The molecule has 17 heteroatoms. The van der Waals surface area contributed by atoms with Crippen LogP contribution in [0.2, 0.25) is 0 Å². The van der Waals surface area contributed by atoms with Crippen LogP contribution in [0.4, 0.5) is 30.7 Å². The second-order valence-corrected chi connectivity index (χ2v) is 18.8. The van der Waals surface area contributed by atoms with Gasteiger partial charge in [-0.3, -0.25) is 9.59 Å². The molecule has 0 N–H and O–H groups in total. The fourth-order valence-corrected chi connectivity index (χ4v) is 9.49. The molecule has 0 saturated heterocycles. The van der Waals surface area contributed by atoms with Gasteiger partial charge in [0.25, 0.3) is 0 Å². The third-order valence-corrected chi connectivity index (χ3v) is 13.1. The lowest BCUT2D eigenvalue weighted by atomic mass is 9.74. The molecule has 1 unspecified atom stereocenters. The van der Waals surface area contributed by atoms with Gasteiger partial charge in [-0.1, -0.05) is 44.2 Å². The van der Waals surface area contributed by atoms with Crippen molar-refractivity contribution in [3.05, 3.63) is 83.4 Å². The molecule has 2 fully saturated rings. The summed E-state index contributed by atoms with van der Waals surface area (Å²) in [5.41, 5.74) is -1.26. The molecule has 1 atom stereocenters. The number of rotatable bonds is 22. The van der Waals surface area contributed by atoms with Crippen molar-refractivity contribution in [1.82, 2.24) is 19.1 Å². The van der Waals surface area contributed by atoms with Crippen molar-refractivity contribution >= 4 is 33.6 Å². The van der Waals surface area contributed by atoms with E-state index in [0.29, 0.717) is 49.0 Å². The SMILES string of the molecule is CC(CC(=O)CCCCc1nc2ccc(OC(F)F)cc2n1C1CCC1)(OC1CC(C)(n2c(CCCC(=O)CC(C)(C)C(F)(F)F)nc3c(OC(F)F)cc(C#N)cc32)C1)c1ccccc1. The van der Waals surface area contributed by atoms with E-state index in [1.54, 1.807) is 12.1 Å². The summed E-state index contributed by atoms with van der Waals surface area (Å²) in [4.78, 5) is 36.1. The number of benzene rings is 3. The molecule has 0 bridgehead atoms. The Bertz CT molecular complexity index is 2570. The molecule has 354 valence electrons. The van der Waals surface area contributed by atoms with E-state index in [4.69, 9.17) is 14.5 Å². The average Bonchev–Trinajstić information content (AvgIpc) is 3.75. The standard InChI is InChI=1S/C49H54F7N5O5/c1-46(2,49(54,55)56)25-33(62)17-11-19-42-59-43-39(22-30(29-57)23-40(43)65-45(52)53)61(42)47(3)27-36(28-47)66-48(4,31-12-6-5-7-13-31)26-34(63)16-8-9-18-41-58-37-21-20-35(64-44(50)51)24-38(37)60(41)32-14-10-15-32/h5-7,12-13,20-24,32,36,44-45H,8-11,14-19,25-28H2,1-4H3. The molecule has 0 aliphatic heterocycles. The molecule has 0 amide bonds.